The first-order valence-electron chi connectivity index (χ1n) is 2.68. The molecule has 0 aromatic rings. The van der Waals surface area contributed by atoms with Crippen LogP contribution in [0.15, 0.2) is 0 Å². The Kier molecular flexibility index (Phi) is 1.81. The molecule has 3 heteroatoms. The van der Waals surface area contributed by atoms with E-state index in [0.717, 1.165) is 0 Å². The van der Waals surface area contributed by atoms with Gasteiger partial charge in [0.1, 0.15) is 6.67 Å². The minimum absolute atomic E-state index is 0.300. The van der Waals surface area contributed by atoms with E-state index in [-0.39, 0.29) is 6.10 Å². The summed E-state index contributed by atoms with van der Waals surface area (Å²) in [5.41, 5.74) is 0. The highest BCUT2D eigenvalue weighted by molar-refractivity contribution is 4.70. The number of rotatable bonds is 1. The van der Waals surface area contributed by atoms with Crippen molar-refractivity contribution in [3.05, 3.63) is 0 Å². The fraction of sp³-hybridized carbons (Fsp3) is 1.00. The summed E-state index contributed by atoms with van der Waals surface area (Å²) in [4.78, 5) is 0. The molecular formula is C5H9FO2. The molecule has 0 aromatic carbocycles. The zero-order valence-electron chi connectivity index (χ0n) is 4.51. The molecule has 1 saturated heterocycles. The Morgan fingerprint density at radius 1 is 1.75 bits per heavy atom. The molecule has 48 valence electrons. The van der Waals surface area contributed by atoms with Gasteiger partial charge in [0.15, 0.2) is 0 Å². The third-order valence-electron chi connectivity index (χ3n) is 1.23. The van der Waals surface area contributed by atoms with E-state index in [1.807, 2.05) is 0 Å². The van der Waals surface area contributed by atoms with Crippen molar-refractivity contribution in [2.45, 2.75) is 18.6 Å². The van der Waals surface area contributed by atoms with Crippen LogP contribution < -0.4 is 0 Å². The van der Waals surface area contributed by atoms with Gasteiger partial charge in [0.05, 0.1) is 18.8 Å². The molecule has 1 aliphatic rings. The number of hydrogen-bond donors (Lipinski definition) is 1. The van der Waals surface area contributed by atoms with Gasteiger partial charge < -0.3 is 9.84 Å². The highest BCUT2D eigenvalue weighted by Crippen LogP contribution is 2.12. The first-order chi connectivity index (χ1) is 3.83. The van der Waals surface area contributed by atoms with E-state index in [9.17, 15) is 4.39 Å². The second-order valence-corrected chi connectivity index (χ2v) is 2.00. The Labute approximate surface area is 47.3 Å². The predicted octanol–water partition coefficient (Wildman–Crippen LogP) is 0.106. The Morgan fingerprint density at radius 2 is 2.50 bits per heavy atom. The van der Waals surface area contributed by atoms with E-state index in [2.05, 4.69) is 0 Å². The fourth-order valence-corrected chi connectivity index (χ4v) is 0.794. The van der Waals surface area contributed by atoms with Gasteiger partial charge in [0, 0.05) is 6.42 Å². The number of ether oxygens (including phenoxy) is 1. The van der Waals surface area contributed by atoms with Crippen LogP contribution in [0.2, 0.25) is 0 Å². The molecule has 0 bridgehead atoms. The molecule has 0 spiro atoms. The quantitative estimate of drug-likeness (QED) is 0.532. The molecule has 0 aliphatic carbocycles. The lowest BCUT2D eigenvalue weighted by molar-refractivity contribution is 0.0744. The largest absolute Gasteiger partial charge is 0.391 e. The second-order valence-electron chi connectivity index (χ2n) is 2.00. The topological polar surface area (TPSA) is 29.5 Å². The van der Waals surface area contributed by atoms with Crippen LogP contribution in [0.3, 0.4) is 0 Å². The summed E-state index contributed by atoms with van der Waals surface area (Å²) in [5.74, 6) is 0. The van der Waals surface area contributed by atoms with Crippen molar-refractivity contribution >= 4 is 0 Å². The maximum atomic E-state index is 11.6. The molecule has 1 rings (SSSR count). The van der Waals surface area contributed by atoms with E-state index in [0.29, 0.717) is 13.0 Å². The summed E-state index contributed by atoms with van der Waals surface area (Å²) in [7, 11) is 0. The minimum atomic E-state index is -0.475. The average molecular weight is 120 g/mol. The van der Waals surface area contributed by atoms with Crippen LogP contribution in [-0.2, 0) is 4.74 Å². The van der Waals surface area contributed by atoms with Gasteiger partial charge in [-0.2, -0.15) is 0 Å². The molecule has 0 saturated carbocycles. The first-order valence-corrected chi connectivity index (χ1v) is 2.68. The van der Waals surface area contributed by atoms with Gasteiger partial charge >= 0.3 is 0 Å². The summed E-state index contributed by atoms with van der Waals surface area (Å²) in [6.07, 6.45) is -0.322. The van der Waals surface area contributed by atoms with Crippen molar-refractivity contribution in [1.29, 1.82) is 0 Å². The third kappa shape index (κ3) is 1.17. The summed E-state index contributed by atoms with van der Waals surface area (Å²) in [6, 6.07) is 0. The van der Waals surface area contributed by atoms with E-state index in [1.165, 1.54) is 0 Å². The minimum Gasteiger partial charge on any atom is -0.391 e. The van der Waals surface area contributed by atoms with Gasteiger partial charge in [-0.3, -0.25) is 0 Å². The van der Waals surface area contributed by atoms with E-state index >= 15 is 0 Å². The Bertz CT molecular complexity index is 76.8. The number of alkyl halides is 1. The molecule has 1 fully saturated rings. The molecule has 2 atom stereocenters. The third-order valence-corrected chi connectivity index (χ3v) is 1.23. The number of halogens is 1. The lowest BCUT2D eigenvalue weighted by Crippen LogP contribution is -2.07. The molecule has 8 heavy (non-hydrogen) atoms. The smallest absolute Gasteiger partial charge is 0.116 e. The van der Waals surface area contributed by atoms with Crippen LogP contribution in [0.25, 0.3) is 0 Å². The Balaban J connectivity index is 2.22. The van der Waals surface area contributed by atoms with Crippen molar-refractivity contribution in [2.24, 2.45) is 0 Å². The first kappa shape index (κ1) is 5.98. The SMILES string of the molecule is OC1CO[C@H](CF)C1. The second kappa shape index (κ2) is 2.42. The zero-order chi connectivity index (χ0) is 5.98. The van der Waals surface area contributed by atoms with Crippen molar-refractivity contribution in [1.82, 2.24) is 0 Å². The summed E-state index contributed by atoms with van der Waals surface area (Å²) in [5, 5.41) is 8.74. The number of aliphatic hydroxyl groups excluding tert-OH is 1. The summed E-state index contributed by atoms with van der Waals surface area (Å²) in [6.45, 7) is -0.175. The normalized spacial score (nSPS) is 38.2. The number of aliphatic hydroxyl groups is 1. The van der Waals surface area contributed by atoms with E-state index in [4.69, 9.17) is 9.84 Å². The zero-order valence-corrected chi connectivity index (χ0v) is 4.51. The van der Waals surface area contributed by atoms with Crippen LogP contribution in [0.4, 0.5) is 4.39 Å². The number of hydrogen-bond acceptors (Lipinski definition) is 2. The lowest BCUT2D eigenvalue weighted by Gasteiger charge is -1.98. The van der Waals surface area contributed by atoms with Gasteiger partial charge in [0.25, 0.3) is 0 Å². The van der Waals surface area contributed by atoms with Gasteiger partial charge in [0.2, 0.25) is 0 Å². The lowest BCUT2D eigenvalue weighted by atomic mass is 10.2. The molecule has 2 nitrogen and oxygen atoms in total. The maximum absolute atomic E-state index is 11.6. The van der Waals surface area contributed by atoms with Crippen molar-refractivity contribution in [2.75, 3.05) is 13.3 Å². The molecule has 1 unspecified atom stereocenters. The van der Waals surface area contributed by atoms with Crippen LogP contribution in [0.1, 0.15) is 6.42 Å². The molecule has 1 aliphatic heterocycles. The average Bonchev–Trinajstić information content (AvgIpc) is 2.14. The molecule has 1 heterocycles. The van der Waals surface area contributed by atoms with E-state index in [1.54, 1.807) is 0 Å². The van der Waals surface area contributed by atoms with Crippen molar-refractivity contribution < 1.29 is 14.2 Å². The molecule has 1 N–H and O–H groups in total. The monoisotopic (exact) mass is 120 g/mol. The molecule has 0 aromatic heterocycles. The fourth-order valence-electron chi connectivity index (χ4n) is 0.794. The van der Waals surface area contributed by atoms with Crippen LogP contribution in [0.5, 0.6) is 0 Å². The molecule has 0 amide bonds. The van der Waals surface area contributed by atoms with Gasteiger partial charge in [-0.15, -0.1) is 0 Å². The highest BCUT2D eigenvalue weighted by Gasteiger charge is 2.22. The van der Waals surface area contributed by atoms with Gasteiger partial charge in [-0.25, -0.2) is 4.39 Å². The highest BCUT2D eigenvalue weighted by atomic mass is 19.1. The van der Waals surface area contributed by atoms with Crippen molar-refractivity contribution in [3.63, 3.8) is 0 Å². The predicted molar refractivity (Wildman–Crippen MR) is 26.3 cm³/mol. The van der Waals surface area contributed by atoms with Gasteiger partial charge in [-0.1, -0.05) is 0 Å². The van der Waals surface area contributed by atoms with Crippen LogP contribution in [0, 0.1) is 0 Å². The van der Waals surface area contributed by atoms with Crippen LogP contribution >= 0.6 is 0 Å². The Hall–Kier alpha value is -0.150. The Morgan fingerprint density at radius 3 is 2.75 bits per heavy atom. The van der Waals surface area contributed by atoms with Crippen molar-refractivity contribution in [3.8, 4) is 0 Å². The maximum Gasteiger partial charge on any atom is 0.116 e. The van der Waals surface area contributed by atoms with E-state index < -0.39 is 12.8 Å². The van der Waals surface area contributed by atoms with Gasteiger partial charge in [-0.05, 0) is 0 Å². The molecule has 0 radical (unpaired) electrons. The summed E-state index contributed by atoms with van der Waals surface area (Å²) < 4.78 is 16.4. The standard InChI is InChI=1S/C5H9FO2/c6-2-5-1-4(7)3-8-5/h4-5,7H,1-3H2/t4?,5-/m0/s1. The summed E-state index contributed by atoms with van der Waals surface area (Å²) >= 11 is 0. The van der Waals surface area contributed by atoms with Crippen LogP contribution in [-0.4, -0.2) is 30.6 Å². The molecular weight excluding hydrogens is 111 g/mol.